The fraction of sp³-hybridized carbons (Fsp3) is 0.0714. The summed E-state index contributed by atoms with van der Waals surface area (Å²) in [6.07, 6.45) is 0. The van der Waals surface area contributed by atoms with E-state index < -0.39 is 38.3 Å². The molecule has 0 fully saturated rings. The second-order valence-corrected chi connectivity index (χ2v) is 6.26. The number of aryl methyl sites for hydroxylation is 1. The van der Waals surface area contributed by atoms with Crippen molar-refractivity contribution in [1.29, 1.82) is 0 Å². The number of benzene rings is 2. The van der Waals surface area contributed by atoms with Gasteiger partial charge in [-0.05, 0) is 36.8 Å². The first-order chi connectivity index (χ1) is 10.6. The van der Waals surface area contributed by atoms with Crippen molar-refractivity contribution < 1.29 is 31.5 Å². The molecule has 0 bridgehead atoms. The van der Waals surface area contributed by atoms with Gasteiger partial charge in [-0.2, -0.15) is 0 Å². The van der Waals surface area contributed by atoms with E-state index in [2.05, 4.69) is 0 Å². The standard InChI is InChI=1S/C14H10F3NO4S/c1-7-2-3-8(14(19)20)6-10(7)18-23(21,22)11-5-4-9(15)12(16)13(11)17/h2-6,18H,1H3,(H,19,20). The highest BCUT2D eigenvalue weighted by atomic mass is 32.2. The molecule has 23 heavy (non-hydrogen) atoms. The molecule has 0 radical (unpaired) electrons. The van der Waals surface area contributed by atoms with Gasteiger partial charge >= 0.3 is 5.97 Å². The van der Waals surface area contributed by atoms with Gasteiger partial charge in [0.05, 0.1) is 11.3 Å². The van der Waals surface area contributed by atoms with Crippen LogP contribution in [0.5, 0.6) is 0 Å². The Morgan fingerprint density at radius 3 is 2.35 bits per heavy atom. The molecule has 0 atom stereocenters. The summed E-state index contributed by atoms with van der Waals surface area (Å²) >= 11 is 0. The fourth-order valence-electron chi connectivity index (χ4n) is 1.78. The van der Waals surface area contributed by atoms with E-state index in [1.165, 1.54) is 19.1 Å². The van der Waals surface area contributed by atoms with Crippen molar-refractivity contribution in [3.05, 3.63) is 58.9 Å². The van der Waals surface area contributed by atoms with E-state index >= 15 is 0 Å². The third-order valence-electron chi connectivity index (χ3n) is 3.02. The summed E-state index contributed by atoms with van der Waals surface area (Å²) in [5.41, 5.74) is 0.0506. The summed E-state index contributed by atoms with van der Waals surface area (Å²) in [5.74, 6) is -6.58. The van der Waals surface area contributed by atoms with E-state index in [-0.39, 0.29) is 11.3 Å². The van der Waals surface area contributed by atoms with Gasteiger partial charge in [0, 0.05) is 0 Å². The number of carbonyl (C=O) groups is 1. The van der Waals surface area contributed by atoms with Gasteiger partial charge in [0.2, 0.25) is 0 Å². The highest BCUT2D eigenvalue weighted by Crippen LogP contribution is 2.24. The van der Waals surface area contributed by atoms with E-state index in [4.69, 9.17) is 5.11 Å². The Bertz CT molecular complexity index is 897. The number of rotatable bonds is 4. The summed E-state index contributed by atoms with van der Waals surface area (Å²) in [7, 11) is -4.57. The molecule has 2 aromatic carbocycles. The number of anilines is 1. The van der Waals surface area contributed by atoms with Crippen LogP contribution in [0.15, 0.2) is 35.2 Å². The van der Waals surface area contributed by atoms with Crippen LogP contribution in [0.1, 0.15) is 15.9 Å². The minimum Gasteiger partial charge on any atom is -0.478 e. The van der Waals surface area contributed by atoms with Crippen LogP contribution in [0.4, 0.5) is 18.9 Å². The highest BCUT2D eigenvalue weighted by molar-refractivity contribution is 7.92. The maximum Gasteiger partial charge on any atom is 0.335 e. The highest BCUT2D eigenvalue weighted by Gasteiger charge is 2.24. The third kappa shape index (κ3) is 3.29. The lowest BCUT2D eigenvalue weighted by Crippen LogP contribution is -2.17. The number of nitrogens with one attached hydrogen (secondary N) is 1. The Hall–Kier alpha value is -2.55. The number of carboxylic acid groups (broad SMARTS) is 1. The molecule has 0 aliphatic heterocycles. The lowest BCUT2D eigenvalue weighted by molar-refractivity contribution is 0.0697. The van der Waals surface area contributed by atoms with E-state index in [0.717, 1.165) is 6.07 Å². The maximum atomic E-state index is 13.6. The summed E-state index contributed by atoms with van der Waals surface area (Å²) < 4.78 is 65.9. The van der Waals surface area contributed by atoms with Gasteiger partial charge in [-0.15, -0.1) is 0 Å². The molecule has 0 aromatic heterocycles. The predicted octanol–water partition coefficient (Wildman–Crippen LogP) is 2.91. The zero-order valence-electron chi connectivity index (χ0n) is 11.6. The average molecular weight is 345 g/mol. The van der Waals surface area contributed by atoms with Gasteiger partial charge in [-0.1, -0.05) is 6.07 Å². The first-order valence-electron chi connectivity index (χ1n) is 6.13. The van der Waals surface area contributed by atoms with Crippen LogP contribution in [-0.2, 0) is 10.0 Å². The smallest absolute Gasteiger partial charge is 0.335 e. The van der Waals surface area contributed by atoms with E-state index in [0.29, 0.717) is 17.7 Å². The number of carboxylic acids is 1. The third-order valence-corrected chi connectivity index (χ3v) is 4.40. The second kappa shape index (κ2) is 5.92. The Morgan fingerprint density at radius 2 is 1.74 bits per heavy atom. The number of sulfonamides is 1. The lowest BCUT2D eigenvalue weighted by Gasteiger charge is -2.12. The summed E-state index contributed by atoms with van der Waals surface area (Å²) in [6, 6.07) is 4.70. The molecule has 0 amide bonds. The van der Waals surface area contributed by atoms with Crippen molar-refractivity contribution in [3.63, 3.8) is 0 Å². The van der Waals surface area contributed by atoms with Crippen molar-refractivity contribution >= 4 is 21.7 Å². The zero-order valence-corrected chi connectivity index (χ0v) is 12.4. The predicted molar refractivity (Wildman–Crippen MR) is 75.3 cm³/mol. The quantitative estimate of drug-likeness (QED) is 0.835. The SMILES string of the molecule is Cc1ccc(C(=O)O)cc1NS(=O)(=O)c1ccc(F)c(F)c1F. The molecular weight excluding hydrogens is 335 g/mol. The van der Waals surface area contributed by atoms with Gasteiger partial charge < -0.3 is 5.11 Å². The topological polar surface area (TPSA) is 83.5 Å². The van der Waals surface area contributed by atoms with Crippen molar-refractivity contribution in [2.75, 3.05) is 4.72 Å². The molecule has 0 saturated carbocycles. The first-order valence-corrected chi connectivity index (χ1v) is 7.62. The number of aromatic carboxylic acids is 1. The summed E-state index contributed by atoms with van der Waals surface area (Å²) in [4.78, 5) is 9.82. The van der Waals surface area contributed by atoms with Crippen molar-refractivity contribution in [2.24, 2.45) is 0 Å². The minimum atomic E-state index is -4.57. The largest absolute Gasteiger partial charge is 0.478 e. The van der Waals surface area contributed by atoms with Crippen molar-refractivity contribution in [2.45, 2.75) is 11.8 Å². The summed E-state index contributed by atoms with van der Waals surface area (Å²) in [5, 5.41) is 8.90. The van der Waals surface area contributed by atoms with Crippen LogP contribution in [-0.4, -0.2) is 19.5 Å². The summed E-state index contributed by atoms with van der Waals surface area (Å²) in [6.45, 7) is 1.49. The molecule has 0 heterocycles. The van der Waals surface area contributed by atoms with Gasteiger partial charge in [0.1, 0.15) is 4.90 Å². The van der Waals surface area contributed by atoms with Crippen LogP contribution in [0.25, 0.3) is 0 Å². The molecule has 2 rings (SSSR count). The molecule has 2 aromatic rings. The van der Waals surface area contributed by atoms with Gasteiger partial charge in [-0.25, -0.2) is 26.4 Å². The maximum absolute atomic E-state index is 13.6. The molecule has 0 aliphatic rings. The monoisotopic (exact) mass is 345 g/mol. The van der Waals surface area contributed by atoms with Crippen LogP contribution < -0.4 is 4.72 Å². The fourth-order valence-corrected chi connectivity index (χ4v) is 2.97. The van der Waals surface area contributed by atoms with Crippen molar-refractivity contribution in [3.8, 4) is 0 Å². The van der Waals surface area contributed by atoms with Crippen LogP contribution in [0.3, 0.4) is 0 Å². The van der Waals surface area contributed by atoms with Crippen molar-refractivity contribution in [1.82, 2.24) is 0 Å². The van der Waals surface area contributed by atoms with Crippen LogP contribution in [0, 0.1) is 24.4 Å². The molecule has 0 aliphatic carbocycles. The molecule has 0 saturated heterocycles. The van der Waals surface area contributed by atoms with Gasteiger partial charge in [-0.3, -0.25) is 4.72 Å². The molecular formula is C14H10F3NO4S. The molecule has 5 nitrogen and oxygen atoms in total. The average Bonchev–Trinajstić information content (AvgIpc) is 2.46. The van der Waals surface area contributed by atoms with E-state index in [9.17, 15) is 26.4 Å². The lowest BCUT2D eigenvalue weighted by atomic mass is 10.1. The number of hydrogen-bond donors (Lipinski definition) is 2. The van der Waals surface area contributed by atoms with E-state index in [1.54, 1.807) is 0 Å². The zero-order chi connectivity index (χ0) is 17.4. The number of halogens is 3. The molecule has 0 unspecified atom stereocenters. The number of hydrogen-bond acceptors (Lipinski definition) is 3. The van der Waals surface area contributed by atoms with Gasteiger partial charge in [0.25, 0.3) is 10.0 Å². The van der Waals surface area contributed by atoms with E-state index in [1.807, 2.05) is 4.72 Å². The minimum absolute atomic E-state index is 0.117. The van der Waals surface area contributed by atoms with Crippen LogP contribution in [0.2, 0.25) is 0 Å². The normalized spacial score (nSPS) is 11.3. The second-order valence-electron chi connectivity index (χ2n) is 4.61. The molecule has 122 valence electrons. The first kappa shape index (κ1) is 16.8. The Morgan fingerprint density at radius 1 is 1.09 bits per heavy atom. The Balaban J connectivity index is 2.49. The Labute approximate surface area is 129 Å². The molecule has 9 heteroatoms. The van der Waals surface area contributed by atoms with Crippen LogP contribution >= 0.6 is 0 Å². The van der Waals surface area contributed by atoms with Gasteiger partial charge in [0.15, 0.2) is 17.5 Å². The molecule has 2 N–H and O–H groups in total. The molecule has 0 spiro atoms. The Kier molecular flexibility index (Phi) is 4.33.